The molecule has 242 valence electrons. The van der Waals surface area contributed by atoms with Gasteiger partial charge in [-0.1, -0.05) is 42.5 Å². The third kappa shape index (κ3) is 9.82. The second kappa shape index (κ2) is 16.5. The smallest absolute Gasteiger partial charge is 0.261 e. The molecule has 12 heteroatoms. The number of nitrogens with one attached hydrogen (secondary N) is 1. The van der Waals surface area contributed by atoms with Gasteiger partial charge in [0.15, 0.2) is 6.61 Å². The van der Waals surface area contributed by atoms with Crippen molar-refractivity contribution in [3.63, 3.8) is 0 Å². The van der Waals surface area contributed by atoms with E-state index in [9.17, 15) is 22.4 Å². The van der Waals surface area contributed by atoms with Crippen LogP contribution in [0.25, 0.3) is 0 Å². The summed E-state index contributed by atoms with van der Waals surface area (Å²) in [5.41, 5.74) is 1.23. The topological polar surface area (TPSA) is 114 Å². The van der Waals surface area contributed by atoms with Crippen molar-refractivity contribution in [3.05, 3.63) is 95.8 Å². The maximum Gasteiger partial charge on any atom is 0.261 e. The van der Waals surface area contributed by atoms with Crippen molar-refractivity contribution in [2.45, 2.75) is 43.9 Å². The standard InChI is InChI=1S/C33H40FN3O7S/c1-25(2)43-20-6-17-35-33(39)32(27-7-4-3-5-8-27)37(23-26-9-11-28(34)12-10-26)31(38)24-44-29-13-15-30(16-14-29)45(40,41)36-18-21-42-22-19-36/h3-5,7-16,25,32H,6,17-24H2,1-2H3,(H,35,39)/t32-/m0/s1. The Kier molecular flexibility index (Phi) is 12.5. The summed E-state index contributed by atoms with van der Waals surface area (Å²) in [6, 6.07) is 19.5. The molecule has 0 saturated carbocycles. The molecule has 3 aromatic carbocycles. The van der Waals surface area contributed by atoms with Gasteiger partial charge < -0.3 is 24.4 Å². The minimum absolute atomic E-state index is 0.0165. The second-order valence-corrected chi connectivity index (χ2v) is 12.7. The number of hydrogen-bond acceptors (Lipinski definition) is 7. The van der Waals surface area contributed by atoms with Gasteiger partial charge in [0.1, 0.15) is 17.6 Å². The zero-order valence-electron chi connectivity index (χ0n) is 25.6. The van der Waals surface area contributed by atoms with Crippen LogP contribution in [0.15, 0.2) is 83.8 Å². The molecular weight excluding hydrogens is 601 g/mol. The number of morpholine rings is 1. The minimum Gasteiger partial charge on any atom is -0.484 e. The highest BCUT2D eigenvalue weighted by Crippen LogP contribution is 2.25. The Balaban J connectivity index is 1.52. The summed E-state index contributed by atoms with van der Waals surface area (Å²) in [6.07, 6.45) is 0.671. The van der Waals surface area contributed by atoms with E-state index < -0.39 is 34.4 Å². The molecule has 2 amide bonds. The minimum atomic E-state index is -3.68. The summed E-state index contributed by atoms with van der Waals surface area (Å²) >= 11 is 0. The van der Waals surface area contributed by atoms with E-state index in [1.165, 1.54) is 45.6 Å². The molecule has 1 N–H and O–H groups in total. The lowest BCUT2D eigenvalue weighted by atomic mass is 10.0. The van der Waals surface area contributed by atoms with Gasteiger partial charge in [-0.05, 0) is 67.8 Å². The van der Waals surface area contributed by atoms with Crippen LogP contribution in [-0.2, 0) is 35.6 Å². The van der Waals surface area contributed by atoms with Crippen LogP contribution >= 0.6 is 0 Å². The van der Waals surface area contributed by atoms with Gasteiger partial charge in [-0.15, -0.1) is 0 Å². The fourth-order valence-electron chi connectivity index (χ4n) is 4.79. The highest BCUT2D eigenvalue weighted by atomic mass is 32.2. The van der Waals surface area contributed by atoms with Crippen molar-refractivity contribution in [1.29, 1.82) is 0 Å². The number of sulfonamides is 1. The molecule has 1 aliphatic rings. The van der Waals surface area contributed by atoms with Crippen molar-refractivity contribution >= 4 is 21.8 Å². The van der Waals surface area contributed by atoms with E-state index in [0.29, 0.717) is 43.9 Å². The van der Waals surface area contributed by atoms with Gasteiger partial charge in [0.05, 0.1) is 24.2 Å². The van der Waals surface area contributed by atoms with Gasteiger partial charge >= 0.3 is 0 Å². The number of hydrogen-bond donors (Lipinski definition) is 1. The number of benzene rings is 3. The number of amides is 2. The molecule has 4 rings (SSSR count). The number of ether oxygens (including phenoxy) is 3. The van der Waals surface area contributed by atoms with Crippen molar-refractivity contribution < 1.29 is 36.6 Å². The van der Waals surface area contributed by atoms with Crippen LogP contribution in [0.5, 0.6) is 5.75 Å². The summed E-state index contributed by atoms with van der Waals surface area (Å²) in [6.45, 7) is 5.53. The van der Waals surface area contributed by atoms with Crippen LogP contribution in [0, 0.1) is 5.82 Å². The molecule has 10 nitrogen and oxygen atoms in total. The van der Waals surface area contributed by atoms with Gasteiger partial charge in [0.25, 0.3) is 5.91 Å². The molecular formula is C33H40FN3O7S. The molecule has 3 aromatic rings. The van der Waals surface area contributed by atoms with Gasteiger partial charge in [0.2, 0.25) is 15.9 Å². The van der Waals surface area contributed by atoms with Gasteiger partial charge in [-0.25, -0.2) is 12.8 Å². The molecule has 1 fully saturated rings. The summed E-state index contributed by atoms with van der Waals surface area (Å²) < 4.78 is 57.6. The Hall–Kier alpha value is -3.84. The maximum atomic E-state index is 13.8. The lowest BCUT2D eigenvalue weighted by Gasteiger charge is -2.31. The second-order valence-electron chi connectivity index (χ2n) is 10.8. The first-order chi connectivity index (χ1) is 21.6. The zero-order valence-corrected chi connectivity index (χ0v) is 26.4. The van der Waals surface area contributed by atoms with Crippen molar-refractivity contribution in [2.75, 3.05) is 46.1 Å². The first-order valence-corrected chi connectivity index (χ1v) is 16.4. The fraction of sp³-hybridized carbons (Fsp3) is 0.394. The quantitative estimate of drug-likeness (QED) is 0.250. The van der Waals surface area contributed by atoms with Crippen LogP contribution in [0.4, 0.5) is 4.39 Å². The third-order valence-electron chi connectivity index (χ3n) is 7.13. The molecule has 0 bridgehead atoms. The fourth-order valence-corrected chi connectivity index (χ4v) is 6.20. The Bertz CT molecular complexity index is 1480. The predicted octanol–water partition coefficient (Wildman–Crippen LogP) is 3.93. The Morgan fingerprint density at radius 1 is 0.978 bits per heavy atom. The van der Waals surface area contributed by atoms with Crippen LogP contribution < -0.4 is 10.1 Å². The Morgan fingerprint density at radius 2 is 1.64 bits per heavy atom. The van der Waals surface area contributed by atoms with E-state index in [1.54, 1.807) is 36.4 Å². The first-order valence-electron chi connectivity index (χ1n) is 14.9. The van der Waals surface area contributed by atoms with Crippen molar-refractivity contribution in [2.24, 2.45) is 0 Å². The van der Waals surface area contributed by atoms with Gasteiger partial charge in [-0.2, -0.15) is 4.31 Å². The van der Waals surface area contributed by atoms with Gasteiger partial charge in [-0.3, -0.25) is 9.59 Å². The largest absolute Gasteiger partial charge is 0.484 e. The van der Waals surface area contributed by atoms with Crippen LogP contribution in [0.1, 0.15) is 37.4 Å². The maximum absolute atomic E-state index is 13.8. The Morgan fingerprint density at radius 3 is 2.29 bits per heavy atom. The monoisotopic (exact) mass is 641 g/mol. The summed E-state index contributed by atoms with van der Waals surface area (Å²) in [7, 11) is -3.68. The van der Waals surface area contributed by atoms with E-state index in [2.05, 4.69) is 5.32 Å². The van der Waals surface area contributed by atoms with Crippen molar-refractivity contribution in [3.8, 4) is 5.75 Å². The van der Waals surface area contributed by atoms with E-state index in [4.69, 9.17) is 14.2 Å². The zero-order chi connectivity index (χ0) is 32.2. The highest BCUT2D eigenvalue weighted by Gasteiger charge is 2.32. The average Bonchev–Trinajstić information content (AvgIpc) is 3.05. The Labute approximate surface area is 264 Å². The molecule has 0 aromatic heterocycles. The average molecular weight is 642 g/mol. The molecule has 0 radical (unpaired) electrons. The molecule has 0 unspecified atom stereocenters. The number of rotatable bonds is 15. The van der Waals surface area contributed by atoms with Gasteiger partial charge in [0, 0.05) is 32.8 Å². The van der Waals surface area contributed by atoms with Crippen LogP contribution in [-0.4, -0.2) is 81.6 Å². The normalized spacial score (nSPS) is 14.6. The molecule has 45 heavy (non-hydrogen) atoms. The number of carbonyl (C=O) groups is 2. The molecule has 1 heterocycles. The SMILES string of the molecule is CC(C)OCCCNC(=O)[C@H](c1ccccc1)N(Cc1ccc(F)cc1)C(=O)COc1ccc(S(=O)(=O)N2CCOCC2)cc1. The van der Waals surface area contributed by atoms with Crippen LogP contribution in [0.2, 0.25) is 0 Å². The van der Waals surface area contributed by atoms with E-state index in [-0.39, 0.29) is 42.3 Å². The van der Waals surface area contributed by atoms with Crippen LogP contribution in [0.3, 0.4) is 0 Å². The third-order valence-corrected chi connectivity index (χ3v) is 9.04. The lowest BCUT2D eigenvalue weighted by Crippen LogP contribution is -2.45. The van der Waals surface area contributed by atoms with E-state index in [0.717, 1.165) is 0 Å². The molecule has 0 aliphatic carbocycles. The van der Waals surface area contributed by atoms with Crippen molar-refractivity contribution in [1.82, 2.24) is 14.5 Å². The molecule has 1 aliphatic heterocycles. The number of carbonyl (C=O) groups excluding carboxylic acids is 2. The summed E-state index contributed by atoms with van der Waals surface area (Å²) in [4.78, 5) is 29.0. The first kappa shape index (κ1) is 34.0. The van der Waals surface area contributed by atoms with E-state index in [1.807, 2.05) is 19.9 Å². The molecule has 1 atom stereocenters. The molecule has 0 spiro atoms. The van der Waals surface area contributed by atoms with E-state index >= 15 is 0 Å². The molecule has 1 saturated heterocycles. The predicted molar refractivity (Wildman–Crippen MR) is 166 cm³/mol. The number of halogens is 1. The summed E-state index contributed by atoms with van der Waals surface area (Å²) in [5, 5.41) is 2.92. The number of nitrogens with zero attached hydrogens (tertiary/aromatic N) is 2. The lowest BCUT2D eigenvalue weighted by molar-refractivity contribution is -0.143. The highest BCUT2D eigenvalue weighted by molar-refractivity contribution is 7.89. The summed E-state index contributed by atoms with van der Waals surface area (Å²) in [5.74, 6) is -0.993.